The molecule has 3 aromatic rings. The molecule has 4 amide bonds. The van der Waals surface area contributed by atoms with E-state index in [2.05, 4.69) is 41.6 Å². The normalized spacial score (nSPS) is 18.6. The van der Waals surface area contributed by atoms with Crippen molar-refractivity contribution in [2.24, 2.45) is 0 Å². The highest BCUT2D eigenvalue weighted by atomic mass is 16.5. The van der Waals surface area contributed by atoms with Crippen LogP contribution < -0.4 is 20.9 Å². The summed E-state index contributed by atoms with van der Waals surface area (Å²) in [5, 5.41) is 14.3. The number of likely N-dealkylation sites (tertiary alicyclic amines) is 1. The largest absolute Gasteiger partial charge is 0.375 e. The van der Waals surface area contributed by atoms with E-state index < -0.39 is 0 Å². The third-order valence-corrected chi connectivity index (χ3v) is 10.0. The second-order valence-electron chi connectivity index (χ2n) is 14.4. The number of nitrogens with one attached hydrogen (secondary N) is 3. The van der Waals surface area contributed by atoms with E-state index in [4.69, 9.17) is 9.84 Å². The first-order chi connectivity index (χ1) is 24.1. The maximum absolute atomic E-state index is 13.7. The Balaban J connectivity index is 1.04. The van der Waals surface area contributed by atoms with Crippen LogP contribution in [0, 0.1) is 0 Å². The lowest BCUT2D eigenvalue weighted by molar-refractivity contribution is -0.0482. The Morgan fingerprint density at radius 1 is 0.960 bits per heavy atom. The molecule has 0 bridgehead atoms. The molecule has 3 aliphatic heterocycles. The number of fused-ring (bicyclic) bond motifs is 1. The molecule has 50 heavy (non-hydrogen) atoms. The van der Waals surface area contributed by atoms with Gasteiger partial charge >= 0.3 is 6.03 Å². The van der Waals surface area contributed by atoms with E-state index in [0.29, 0.717) is 43.5 Å². The van der Waals surface area contributed by atoms with Gasteiger partial charge in [0.25, 0.3) is 11.8 Å². The number of carbonyl (C=O) groups excluding carboxylic acids is 3. The fraction of sp³-hybridized carbons (Fsp3) is 0.526. The minimum atomic E-state index is -0.216. The monoisotopic (exact) mass is 684 g/mol. The molecule has 0 saturated carbocycles. The van der Waals surface area contributed by atoms with Crippen molar-refractivity contribution in [3.63, 3.8) is 0 Å². The van der Waals surface area contributed by atoms with Crippen LogP contribution in [0.4, 0.5) is 16.2 Å². The lowest BCUT2D eigenvalue weighted by Gasteiger charge is -2.35. The summed E-state index contributed by atoms with van der Waals surface area (Å²) in [4.78, 5) is 44.7. The number of benzene rings is 2. The Labute approximate surface area is 295 Å². The van der Waals surface area contributed by atoms with Gasteiger partial charge < -0.3 is 35.4 Å². The van der Waals surface area contributed by atoms with Crippen LogP contribution >= 0.6 is 0 Å². The molecule has 1 atom stereocenters. The molecule has 0 unspecified atom stereocenters. The number of urea groups is 1. The summed E-state index contributed by atoms with van der Waals surface area (Å²) in [6.45, 7) is 11.4. The molecule has 6 rings (SSSR count). The molecule has 3 N–H and O–H groups in total. The van der Waals surface area contributed by atoms with Crippen molar-refractivity contribution >= 4 is 29.2 Å². The Bertz CT molecular complexity index is 1640. The van der Waals surface area contributed by atoms with Crippen LogP contribution in [0.25, 0.3) is 0 Å². The number of aromatic nitrogens is 2. The molecule has 12 nitrogen and oxygen atoms in total. The van der Waals surface area contributed by atoms with E-state index in [0.717, 1.165) is 73.5 Å². The van der Waals surface area contributed by atoms with E-state index in [9.17, 15) is 14.4 Å². The molecule has 2 aromatic carbocycles. The van der Waals surface area contributed by atoms with Gasteiger partial charge in [0.05, 0.1) is 12.2 Å². The fourth-order valence-corrected chi connectivity index (χ4v) is 7.25. The summed E-state index contributed by atoms with van der Waals surface area (Å²) in [5.74, 6) is -0.0985. The summed E-state index contributed by atoms with van der Waals surface area (Å²) in [6.07, 6.45) is 4.39. The Morgan fingerprint density at radius 3 is 2.26 bits per heavy atom. The van der Waals surface area contributed by atoms with Crippen molar-refractivity contribution in [2.45, 2.75) is 83.7 Å². The Kier molecular flexibility index (Phi) is 11.1. The lowest BCUT2D eigenvalue weighted by Crippen LogP contribution is -2.44. The number of hydrogen-bond acceptors (Lipinski definition) is 7. The summed E-state index contributed by atoms with van der Waals surface area (Å²) in [7, 11) is 3.49. The molecule has 12 heteroatoms. The highest BCUT2D eigenvalue weighted by Crippen LogP contribution is 2.35. The minimum absolute atomic E-state index is 0.0352. The average Bonchev–Trinajstić information content (AvgIpc) is 3.52. The number of anilines is 2. The summed E-state index contributed by atoms with van der Waals surface area (Å²) >= 11 is 0. The van der Waals surface area contributed by atoms with Crippen molar-refractivity contribution in [3.8, 4) is 0 Å². The van der Waals surface area contributed by atoms with Crippen LogP contribution in [0.1, 0.15) is 96.1 Å². The van der Waals surface area contributed by atoms with E-state index in [-0.39, 0.29) is 35.9 Å². The highest BCUT2D eigenvalue weighted by molar-refractivity contribution is 5.95. The second-order valence-corrected chi connectivity index (χ2v) is 14.4. The molecule has 268 valence electrons. The van der Waals surface area contributed by atoms with Gasteiger partial charge in [0, 0.05) is 87.0 Å². The van der Waals surface area contributed by atoms with Gasteiger partial charge in [-0.1, -0.05) is 19.1 Å². The second kappa shape index (κ2) is 15.6. The van der Waals surface area contributed by atoms with Gasteiger partial charge in [-0.3, -0.25) is 14.3 Å². The molecular weight excluding hydrogens is 632 g/mol. The summed E-state index contributed by atoms with van der Waals surface area (Å²) in [6, 6.07) is 15.3. The molecule has 0 spiro atoms. The van der Waals surface area contributed by atoms with Crippen LogP contribution in [-0.4, -0.2) is 96.5 Å². The van der Waals surface area contributed by atoms with Crippen molar-refractivity contribution in [1.82, 2.24) is 30.2 Å². The molecule has 2 fully saturated rings. The number of carbonyl (C=O) groups is 3. The zero-order valence-electron chi connectivity index (χ0n) is 30.1. The SMILES string of the molecule is CC(C)n1nc(C(=O)NCc2ccc(NC(=O)N3CCC(OC4CCNCC4)CC3)cc2)c2c1[C@@H](C)CN(c1ccc(C(=O)N(C)C)cc1)C2. The zero-order chi connectivity index (χ0) is 35.4. The third-order valence-electron chi connectivity index (χ3n) is 10.0. The van der Waals surface area contributed by atoms with Crippen molar-refractivity contribution in [2.75, 3.05) is 57.0 Å². The highest BCUT2D eigenvalue weighted by Gasteiger charge is 2.33. The van der Waals surface area contributed by atoms with Gasteiger partial charge in [-0.05, 0) is 94.6 Å². The predicted octanol–water partition coefficient (Wildman–Crippen LogP) is 4.98. The molecule has 1 aromatic heterocycles. The molecule has 0 aliphatic carbocycles. The van der Waals surface area contributed by atoms with Crippen molar-refractivity contribution in [3.05, 3.63) is 76.6 Å². The minimum Gasteiger partial charge on any atom is -0.375 e. The van der Waals surface area contributed by atoms with E-state index in [1.165, 1.54) is 0 Å². The summed E-state index contributed by atoms with van der Waals surface area (Å²) < 4.78 is 8.29. The third kappa shape index (κ3) is 8.13. The van der Waals surface area contributed by atoms with Crippen LogP contribution in [-0.2, 0) is 17.8 Å². The smallest absolute Gasteiger partial charge is 0.321 e. The van der Waals surface area contributed by atoms with Gasteiger partial charge in [-0.2, -0.15) is 5.10 Å². The number of amides is 4. The lowest BCUT2D eigenvalue weighted by atomic mass is 9.95. The van der Waals surface area contributed by atoms with Crippen LogP contribution in [0.3, 0.4) is 0 Å². The van der Waals surface area contributed by atoms with Crippen LogP contribution in [0.15, 0.2) is 48.5 Å². The van der Waals surface area contributed by atoms with E-state index in [1.807, 2.05) is 58.1 Å². The van der Waals surface area contributed by atoms with Crippen molar-refractivity contribution < 1.29 is 19.1 Å². The Morgan fingerprint density at radius 2 is 1.62 bits per heavy atom. The number of nitrogens with zero attached hydrogens (tertiary/aromatic N) is 5. The quantitative estimate of drug-likeness (QED) is 0.291. The number of piperidine rings is 2. The molecule has 2 saturated heterocycles. The van der Waals surface area contributed by atoms with Gasteiger partial charge in [0.1, 0.15) is 0 Å². The number of hydrogen-bond donors (Lipinski definition) is 3. The summed E-state index contributed by atoms with van der Waals surface area (Å²) in [5.41, 5.74) is 5.75. The first kappa shape index (κ1) is 35.4. The van der Waals surface area contributed by atoms with E-state index in [1.54, 1.807) is 19.0 Å². The predicted molar refractivity (Wildman–Crippen MR) is 195 cm³/mol. The van der Waals surface area contributed by atoms with Crippen LogP contribution in [0.2, 0.25) is 0 Å². The zero-order valence-corrected chi connectivity index (χ0v) is 30.1. The Hall–Kier alpha value is -4.42. The molecule has 4 heterocycles. The first-order valence-corrected chi connectivity index (χ1v) is 18.0. The standard InChI is InChI=1S/C38H52N8O4/c1-25(2)46-35-26(3)23-45(30-12-8-28(9-13-30)37(48)43(4)5)24-33(35)34(42-46)36(47)40-22-27-6-10-29(11-7-27)41-38(49)44-20-16-32(17-21-44)50-31-14-18-39-19-15-31/h6-13,25-26,31-32,39H,14-24H2,1-5H3,(H,40,47)(H,41,49)/t26-/m0/s1. The van der Waals surface area contributed by atoms with Gasteiger partial charge in [0.15, 0.2) is 5.69 Å². The number of ether oxygens (including phenoxy) is 1. The van der Waals surface area contributed by atoms with Gasteiger partial charge in [-0.15, -0.1) is 0 Å². The maximum Gasteiger partial charge on any atom is 0.321 e. The topological polar surface area (TPSA) is 124 Å². The average molecular weight is 685 g/mol. The number of rotatable bonds is 9. The van der Waals surface area contributed by atoms with Crippen LogP contribution in [0.5, 0.6) is 0 Å². The van der Waals surface area contributed by atoms with Crippen molar-refractivity contribution in [1.29, 1.82) is 0 Å². The first-order valence-electron chi connectivity index (χ1n) is 18.0. The van der Waals surface area contributed by atoms with Gasteiger partial charge in [-0.25, -0.2) is 4.79 Å². The molecule has 0 radical (unpaired) electrons. The van der Waals surface area contributed by atoms with E-state index >= 15 is 0 Å². The van der Waals surface area contributed by atoms with Gasteiger partial charge in [0.2, 0.25) is 0 Å². The molecular formula is C38H52N8O4. The molecule has 3 aliphatic rings. The fourth-order valence-electron chi connectivity index (χ4n) is 7.25. The maximum atomic E-state index is 13.7.